The van der Waals surface area contributed by atoms with E-state index in [-0.39, 0.29) is 6.04 Å². The predicted octanol–water partition coefficient (Wildman–Crippen LogP) is 2.01. The third-order valence-electron chi connectivity index (χ3n) is 4.37. The van der Waals surface area contributed by atoms with Gasteiger partial charge in [0.25, 0.3) is 0 Å². The molecule has 0 bridgehead atoms. The lowest BCUT2D eigenvalue weighted by Crippen LogP contribution is -2.40. The molecular formula is C16H22N4O. The normalized spacial score (nSPS) is 19.9. The van der Waals surface area contributed by atoms with Gasteiger partial charge in [-0.2, -0.15) is 5.10 Å². The van der Waals surface area contributed by atoms with Crippen LogP contribution in [0.2, 0.25) is 0 Å². The van der Waals surface area contributed by atoms with Crippen molar-refractivity contribution in [2.24, 2.45) is 7.05 Å². The summed E-state index contributed by atoms with van der Waals surface area (Å²) < 4.78 is 7.50. The average molecular weight is 286 g/mol. The summed E-state index contributed by atoms with van der Waals surface area (Å²) in [6.45, 7) is 7.66. The first kappa shape index (κ1) is 14.2. The van der Waals surface area contributed by atoms with Gasteiger partial charge in [0, 0.05) is 20.1 Å². The SMILES string of the molecule is Cc1cccc(CN2CCOCC2c2ncnn2C)c1C. The second kappa shape index (κ2) is 5.95. The van der Waals surface area contributed by atoms with Gasteiger partial charge in [0.15, 0.2) is 0 Å². The molecule has 3 rings (SSSR count). The number of hydrogen-bond donors (Lipinski definition) is 0. The van der Waals surface area contributed by atoms with Crippen LogP contribution in [-0.4, -0.2) is 39.4 Å². The summed E-state index contributed by atoms with van der Waals surface area (Å²) >= 11 is 0. The van der Waals surface area contributed by atoms with Gasteiger partial charge in [0.1, 0.15) is 12.2 Å². The van der Waals surface area contributed by atoms with E-state index in [1.165, 1.54) is 16.7 Å². The fourth-order valence-corrected chi connectivity index (χ4v) is 2.87. The van der Waals surface area contributed by atoms with Crippen molar-refractivity contribution in [3.63, 3.8) is 0 Å². The van der Waals surface area contributed by atoms with E-state index in [0.717, 1.165) is 25.5 Å². The smallest absolute Gasteiger partial charge is 0.146 e. The quantitative estimate of drug-likeness (QED) is 0.865. The van der Waals surface area contributed by atoms with Gasteiger partial charge in [-0.25, -0.2) is 4.98 Å². The maximum atomic E-state index is 5.66. The number of rotatable bonds is 3. The van der Waals surface area contributed by atoms with Crippen LogP contribution >= 0.6 is 0 Å². The number of morpholine rings is 1. The third-order valence-corrected chi connectivity index (χ3v) is 4.37. The van der Waals surface area contributed by atoms with Gasteiger partial charge in [-0.3, -0.25) is 9.58 Å². The zero-order valence-corrected chi connectivity index (χ0v) is 12.9. The number of nitrogens with zero attached hydrogens (tertiary/aromatic N) is 4. The maximum absolute atomic E-state index is 5.66. The molecule has 0 N–H and O–H groups in total. The van der Waals surface area contributed by atoms with Gasteiger partial charge < -0.3 is 4.74 Å². The van der Waals surface area contributed by atoms with Crippen molar-refractivity contribution in [1.29, 1.82) is 0 Å². The molecule has 5 heteroatoms. The van der Waals surface area contributed by atoms with E-state index in [2.05, 4.69) is 47.0 Å². The molecule has 0 aliphatic carbocycles. The van der Waals surface area contributed by atoms with Gasteiger partial charge in [-0.15, -0.1) is 0 Å². The van der Waals surface area contributed by atoms with Gasteiger partial charge in [0.05, 0.1) is 19.3 Å². The second-order valence-electron chi connectivity index (χ2n) is 5.66. The van der Waals surface area contributed by atoms with E-state index in [4.69, 9.17) is 4.74 Å². The van der Waals surface area contributed by atoms with Crippen LogP contribution in [0, 0.1) is 13.8 Å². The highest BCUT2D eigenvalue weighted by Gasteiger charge is 2.28. The Labute approximate surface area is 125 Å². The number of aromatic nitrogens is 3. The fraction of sp³-hybridized carbons (Fsp3) is 0.500. The molecule has 0 spiro atoms. The average Bonchev–Trinajstić information content (AvgIpc) is 2.90. The Morgan fingerprint density at radius 3 is 2.95 bits per heavy atom. The summed E-state index contributed by atoms with van der Waals surface area (Å²) in [5.74, 6) is 0.972. The lowest BCUT2D eigenvalue weighted by atomic mass is 10.0. The zero-order chi connectivity index (χ0) is 14.8. The standard InChI is InChI=1S/C16H22N4O/c1-12-5-4-6-14(13(12)2)9-20-7-8-21-10-15(20)16-17-11-18-19(16)3/h4-6,11,15H,7-10H2,1-3H3. The lowest BCUT2D eigenvalue weighted by molar-refractivity contribution is -0.0172. The summed E-state index contributed by atoms with van der Waals surface area (Å²) in [7, 11) is 1.94. The molecule has 1 aliphatic rings. The molecule has 0 radical (unpaired) electrons. The molecule has 112 valence electrons. The molecule has 1 atom stereocenters. The minimum absolute atomic E-state index is 0.172. The van der Waals surface area contributed by atoms with E-state index in [0.29, 0.717) is 6.61 Å². The monoisotopic (exact) mass is 286 g/mol. The largest absolute Gasteiger partial charge is 0.378 e. The van der Waals surface area contributed by atoms with Crippen LogP contribution in [0.15, 0.2) is 24.5 Å². The van der Waals surface area contributed by atoms with Crippen LogP contribution in [-0.2, 0) is 18.3 Å². The molecule has 5 nitrogen and oxygen atoms in total. The van der Waals surface area contributed by atoms with Crippen LogP contribution in [0.4, 0.5) is 0 Å². The Hall–Kier alpha value is -1.72. The number of benzene rings is 1. The summed E-state index contributed by atoms with van der Waals surface area (Å²) in [5.41, 5.74) is 4.10. The van der Waals surface area contributed by atoms with Crippen molar-refractivity contribution < 1.29 is 4.74 Å². The number of aryl methyl sites for hydroxylation is 2. The van der Waals surface area contributed by atoms with Crippen molar-refractivity contribution in [2.45, 2.75) is 26.4 Å². The number of hydrogen-bond acceptors (Lipinski definition) is 4. The van der Waals surface area contributed by atoms with Crippen molar-refractivity contribution in [1.82, 2.24) is 19.7 Å². The van der Waals surface area contributed by atoms with Crippen LogP contribution in [0.25, 0.3) is 0 Å². The summed E-state index contributed by atoms with van der Waals surface area (Å²) in [6.07, 6.45) is 1.61. The van der Waals surface area contributed by atoms with Crippen LogP contribution in [0.5, 0.6) is 0 Å². The zero-order valence-electron chi connectivity index (χ0n) is 12.9. The second-order valence-corrected chi connectivity index (χ2v) is 5.66. The Bertz CT molecular complexity index is 622. The van der Waals surface area contributed by atoms with E-state index in [1.54, 1.807) is 6.33 Å². The highest BCUT2D eigenvalue weighted by Crippen LogP contribution is 2.25. The summed E-state index contributed by atoms with van der Waals surface area (Å²) in [5, 5.41) is 4.19. The minimum atomic E-state index is 0.172. The molecule has 1 unspecified atom stereocenters. The molecule has 1 saturated heterocycles. The van der Waals surface area contributed by atoms with Gasteiger partial charge in [-0.05, 0) is 30.5 Å². The highest BCUT2D eigenvalue weighted by molar-refractivity contribution is 5.33. The first-order chi connectivity index (χ1) is 10.2. The molecule has 1 fully saturated rings. The molecule has 0 amide bonds. The van der Waals surface area contributed by atoms with Crippen molar-refractivity contribution in [2.75, 3.05) is 19.8 Å². The van der Waals surface area contributed by atoms with Crippen LogP contribution in [0.1, 0.15) is 28.6 Å². The van der Waals surface area contributed by atoms with Gasteiger partial charge >= 0.3 is 0 Å². The van der Waals surface area contributed by atoms with Gasteiger partial charge in [-0.1, -0.05) is 18.2 Å². The van der Waals surface area contributed by atoms with E-state index < -0.39 is 0 Å². The van der Waals surface area contributed by atoms with Crippen molar-refractivity contribution in [3.05, 3.63) is 47.0 Å². The maximum Gasteiger partial charge on any atom is 0.146 e. The van der Waals surface area contributed by atoms with E-state index in [9.17, 15) is 0 Å². The topological polar surface area (TPSA) is 43.2 Å². The molecular weight excluding hydrogens is 264 g/mol. The summed E-state index contributed by atoms with van der Waals surface area (Å²) in [4.78, 5) is 6.84. The molecule has 1 aromatic heterocycles. The Morgan fingerprint density at radius 1 is 1.33 bits per heavy atom. The van der Waals surface area contributed by atoms with Crippen molar-refractivity contribution in [3.8, 4) is 0 Å². The van der Waals surface area contributed by atoms with Crippen molar-refractivity contribution >= 4 is 0 Å². The van der Waals surface area contributed by atoms with E-state index in [1.807, 2.05) is 11.7 Å². The first-order valence-electron chi connectivity index (χ1n) is 7.37. The molecule has 1 aromatic carbocycles. The highest BCUT2D eigenvalue weighted by atomic mass is 16.5. The van der Waals surface area contributed by atoms with Gasteiger partial charge in [0.2, 0.25) is 0 Å². The third kappa shape index (κ3) is 2.84. The Morgan fingerprint density at radius 2 is 2.19 bits per heavy atom. The lowest BCUT2D eigenvalue weighted by Gasteiger charge is -2.35. The number of ether oxygens (including phenoxy) is 1. The minimum Gasteiger partial charge on any atom is -0.378 e. The molecule has 0 saturated carbocycles. The predicted molar refractivity (Wildman–Crippen MR) is 80.9 cm³/mol. The first-order valence-corrected chi connectivity index (χ1v) is 7.37. The van der Waals surface area contributed by atoms with E-state index >= 15 is 0 Å². The molecule has 2 heterocycles. The Kier molecular flexibility index (Phi) is 4.03. The molecule has 2 aromatic rings. The van der Waals surface area contributed by atoms with Crippen LogP contribution in [0.3, 0.4) is 0 Å². The Balaban J connectivity index is 1.85. The fourth-order valence-electron chi connectivity index (χ4n) is 2.87. The summed E-state index contributed by atoms with van der Waals surface area (Å²) in [6, 6.07) is 6.69. The molecule has 21 heavy (non-hydrogen) atoms. The molecule has 1 aliphatic heterocycles. The van der Waals surface area contributed by atoms with Crippen LogP contribution < -0.4 is 0 Å².